The highest BCUT2D eigenvalue weighted by Gasteiger charge is 2.27. The fourth-order valence-electron chi connectivity index (χ4n) is 0.855. The molecule has 12 heavy (non-hydrogen) atoms. The summed E-state index contributed by atoms with van der Waals surface area (Å²) in [6, 6.07) is 0. The number of aromatic nitrogens is 2. The molecule has 2 N–H and O–H groups in total. The van der Waals surface area contributed by atoms with E-state index in [1.807, 2.05) is 0 Å². The maximum Gasteiger partial charge on any atom is 0.279 e. The van der Waals surface area contributed by atoms with Gasteiger partial charge in [-0.25, -0.2) is 8.78 Å². The number of halogens is 2. The standard InChI is InChI=1S/C7H11F2N3/c1-6-2-11-12(3-6)5-7(8,9)4-10/h2-3H,4-5,10H2,1H3. The molecule has 0 unspecified atom stereocenters. The minimum absolute atomic E-state index is 0.447. The van der Waals surface area contributed by atoms with Crippen LogP contribution in [-0.2, 0) is 6.54 Å². The van der Waals surface area contributed by atoms with Gasteiger partial charge in [-0.15, -0.1) is 0 Å². The van der Waals surface area contributed by atoms with Crippen molar-refractivity contribution in [2.24, 2.45) is 5.73 Å². The van der Waals surface area contributed by atoms with E-state index < -0.39 is 19.0 Å². The Morgan fingerprint density at radius 3 is 2.75 bits per heavy atom. The van der Waals surface area contributed by atoms with Crippen LogP contribution in [0.4, 0.5) is 8.78 Å². The zero-order chi connectivity index (χ0) is 9.19. The molecule has 0 radical (unpaired) electrons. The predicted molar refractivity (Wildman–Crippen MR) is 41.0 cm³/mol. The molecule has 1 heterocycles. The van der Waals surface area contributed by atoms with Crippen LogP contribution in [-0.4, -0.2) is 22.2 Å². The summed E-state index contributed by atoms with van der Waals surface area (Å²) in [5, 5.41) is 3.73. The average Bonchev–Trinajstić information content (AvgIpc) is 2.35. The average molecular weight is 175 g/mol. The summed E-state index contributed by atoms with van der Waals surface area (Å²) in [6.07, 6.45) is 3.09. The predicted octanol–water partition coefficient (Wildman–Crippen LogP) is 0.786. The SMILES string of the molecule is Cc1cnn(CC(F)(F)CN)c1. The molecule has 1 aromatic rings. The molecule has 0 saturated carbocycles. The summed E-state index contributed by atoms with van der Waals surface area (Å²) in [4.78, 5) is 0. The van der Waals surface area contributed by atoms with Crippen LogP contribution in [0.3, 0.4) is 0 Å². The highest BCUT2D eigenvalue weighted by atomic mass is 19.3. The van der Waals surface area contributed by atoms with Crippen LogP contribution < -0.4 is 5.73 Å². The fourth-order valence-corrected chi connectivity index (χ4v) is 0.855. The molecular weight excluding hydrogens is 164 g/mol. The van der Waals surface area contributed by atoms with Crippen LogP contribution in [0.25, 0.3) is 0 Å². The Bertz CT molecular complexity index is 257. The van der Waals surface area contributed by atoms with Crippen molar-refractivity contribution in [1.29, 1.82) is 0 Å². The topological polar surface area (TPSA) is 43.8 Å². The van der Waals surface area contributed by atoms with Gasteiger partial charge >= 0.3 is 0 Å². The first-order valence-corrected chi connectivity index (χ1v) is 3.60. The minimum Gasteiger partial charge on any atom is -0.325 e. The van der Waals surface area contributed by atoms with E-state index in [0.29, 0.717) is 0 Å². The van der Waals surface area contributed by atoms with Crippen LogP contribution in [0, 0.1) is 6.92 Å². The van der Waals surface area contributed by atoms with Gasteiger partial charge in [-0.3, -0.25) is 4.68 Å². The summed E-state index contributed by atoms with van der Waals surface area (Å²) in [5.74, 6) is -2.86. The normalized spacial score (nSPS) is 12.0. The van der Waals surface area contributed by atoms with Crippen LogP contribution in [0.1, 0.15) is 5.56 Å². The lowest BCUT2D eigenvalue weighted by molar-refractivity contribution is -0.00979. The highest BCUT2D eigenvalue weighted by Crippen LogP contribution is 2.13. The van der Waals surface area contributed by atoms with E-state index >= 15 is 0 Å². The number of rotatable bonds is 3. The van der Waals surface area contributed by atoms with Crippen molar-refractivity contribution in [2.75, 3.05) is 6.54 Å². The third-order valence-electron chi connectivity index (χ3n) is 1.45. The van der Waals surface area contributed by atoms with Gasteiger partial charge < -0.3 is 5.73 Å². The molecule has 0 fully saturated rings. The highest BCUT2D eigenvalue weighted by molar-refractivity contribution is 4.99. The van der Waals surface area contributed by atoms with E-state index in [4.69, 9.17) is 5.73 Å². The maximum absolute atomic E-state index is 12.7. The zero-order valence-electron chi connectivity index (χ0n) is 6.80. The third-order valence-corrected chi connectivity index (χ3v) is 1.45. The van der Waals surface area contributed by atoms with Gasteiger partial charge in [-0.1, -0.05) is 0 Å². The Labute approximate surface area is 69.2 Å². The Balaban J connectivity index is 2.63. The number of nitrogens with zero attached hydrogens (tertiary/aromatic N) is 2. The summed E-state index contributed by atoms with van der Waals surface area (Å²) in [5.41, 5.74) is 5.73. The molecule has 3 nitrogen and oxygen atoms in total. The lowest BCUT2D eigenvalue weighted by atomic mass is 10.3. The molecule has 1 rings (SSSR count). The molecule has 0 spiro atoms. The molecule has 0 amide bonds. The lowest BCUT2D eigenvalue weighted by Crippen LogP contribution is -2.32. The van der Waals surface area contributed by atoms with Crippen LogP contribution >= 0.6 is 0 Å². The first kappa shape index (κ1) is 9.12. The zero-order valence-corrected chi connectivity index (χ0v) is 6.80. The molecular formula is C7H11F2N3. The smallest absolute Gasteiger partial charge is 0.279 e. The molecule has 0 aliphatic heterocycles. The molecule has 68 valence electrons. The van der Waals surface area contributed by atoms with Crippen LogP contribution in [0.15, 0.2) is 12.4 Å². The van der Waals surface area contributed by atoms with E-state index in [2.05, 4.69) is 5.10 Å². The second kappa shape index (κ2) is 3.18. The Morgan fingerprint density at radius 1 is 1.67 bits per heavy atom. The van der Waals surface area contributed by atoms with Crippen LogP contribution in [0.2, 0.25) is 0 Å². The van der Waals surface area contributed by atoms with Crippen molar-refractivity contribution in [3.63, 3.8) is 0 Å². The van der Waals surface area contributed by atoms with Crippen molar-refractivity contribution in [3.05, 3.63) is 18.0 Å². The first-order chi connectivity index (χ1) is 5.53. The number of hydrogen-bond donors (Lipinski definition) is 1. The molecule has 0 bridgehead atoms. The molecule has 5 heteroatoms. The maximum atomic E-state index is 12.7. The molecule has 0 atom stereocenters. The third kappa shape index (κ3) is 2.27. The second-order valence-corrected chi connectivity index (χ2v) is 2.78. The molecule has 0 aliphatic carbocycles. The van der Waals surface area contributed by atoms with Gasteiger partial charge in [0.2, 0.25) is 0 Å². The van der Waals surface area contributed by atoms with Gasteiger partial charge in [0.1, 0.15) is 6.54 Å². The summed E-state index contributed by atoms with van der Waals surface area (Å²) in [6.45, 7) is 0.702. The van der Waals surface area contributed by atoms with E-state index in [0.717, 1.165) is 5.56 Å². The first-order valence-electron chi connectivity index (χ1n) is 3.60. The summed E-state index contributed by atoms with van der Waals surface area (Å²) in [7, 11) is 0. The summed E-state index contributed by atoms with van der Waals surface area (Å²) >= 11 is 0. The van der Waals surface area contributed by atoms with E-state index in [-0.39, 0.29) is 0 Å². The van der Waals surface area contributed by atoms with Crippen molar-refractivity contribution in [2.45, 2.75) is 19.4 Å². The molecule has 0 aliphatic rings. The Kier molecular flexibility index (Phi) is 2.42. The summed E-state index contributed by atoms with van der Waals surface area (Å²) < 4.78 is 26.5. The van der Waals surface area contributed by atoms with E-state index in [1.165, 1.54) is 10.9 Å². The molecule has 0 aromatic carbocycles. The largest absolute Gasteiger partial charge is 0.325 e. The number of alkyl halides is 2. The van der Waals surface area contributed by atoms with Gasteiger partial charge in [0.05, 0.1) is 12.7 Å². The van der Waals surface area contributed by atoms with Gasteiger partial charge in [0, 0.05) is 6.20 Å². The quantitative estimate of drug-likeness (QED) is 0.737. The van der Waals surface area contributed by atoms with Gasteiger partial charge in [-0.2, -0.15) is 5.10 Å². The Hall–Kier alpha value is -0.970. The number of hydrogen-bond acceptors (Lipinski definition) is 2. The Morgan fingerprint density at radius 2 is 2.33 bits per heavy atom. The van der Waals surface area contributed by atoms with Crippen molar-refractivity contribution in [3.8, 4) is 0 Å². The van der Waals surface area contributed by atoms with Crippen molar-refractivity contribution >= 4 is 0 Å². The van der Waals surface area contributed by atoms with Gasteiger partial charge in [0.15, 0.2) is 0 Å². The molecule has 0 saturated heterocycles. The monoisotopic (exact) mass is 175 g/mol. The number of nitrogens with two attached hydrogens (primary N) is 1. The lowest BCUT2D eigenvalue weighted by Gasteiger charge is -2.12. The fraction of sp³-hybridized carbons (Fsp3) is 0.571. The molecule has 1 aromatic heterocycles. The van der Waals surface area contributed by atoms with Crippen molar-refractivity contribution in [1.82, 2.24) is 9.78 Å². The van der Waals surface area contributed by atoms with Gasteiger partial charge in [0.25, 0.3) is 5.92 Å². The van der Waals surface area contributed by atoms with E-state index in [9.17, 15) is 8.78 Å². The van der Waals surface area contributed by atoms with E-state index in [1.54, 1.807) is 13.1 Å². The number of aryl methyl sites for hydroxylation is 1. The van der Waals surface area contributed by atoms with Crippen molar-refractivity contribution < 1.29 is 8.78 Å². The van der Waals surface area contributed by atoms with Crippen LogP contribution in [0.5, 0.6) is 0 Å². The van der Waals surface area contributed by atoms with Gasteiger partial charge in [-0.05, 0) is 12.5 Å². The minimum atomic E-state index is -2.86. The second-order valence-electron chi connectivity index (χ2n) is 2.78.